The molecule has 29 heavy (non-hydrogen) atoms. The van der Waals surface area contributed by atoms with Crippen LogP contribution in [0.25, 0.3) is 22.2 Å². The van der Waals surface area contributed by atoms with Crippen LogP contribution in [0.1, 0.15) is 52.7 Å². The largest absolute Gasteiger partial charge is 0.136 e. The highest BCUT2D eigenvalue weighted by Gasteiger charge is 2.18. The second-order valence-electron chi connectivity index (χ2n) is 6.41. The van der Waals surface area contributed by atoms with Gasteiger partial charge in [0, 0.05) is 26.5 Å². The molecule has 2 atom stereocenters. The lowest BCUT2D eigenvalue weighted by atomic mass is 9.85. The van der Waals surface area contributed by atoms with E-state index in [0.717, 1.165) is 0 Å². The Balaban J connectivity index is 0.000000644. The van der Waals surface area contributed by atoms with E-state index in [4.69, 9.17) is 0 Å². The first kappa shape index (κ1) is 24.9. The van der Waals surface area contributed by atoms with Crippen molar-refractivity contribution >= 4 is 33.6 Å². The minimum atomic E-state index is 0.496. The summed E-state index contributed by atoms with van der Waals surface area (Å²) in [6.45, 7) is 16.3. The molecule has 2 unspecified atom stereocenters. The smallest absolute Gasteiger partial charge is 0.0357 e. The van der Waals surface area contributed by atoms with Crippen molar-refractivity contribution in [3.05, 3.63) is 81.6 Å². The first-order chi connectivity index (χ1) is 14.2. The Morgan fingerprint density at radius 1 is 0.690 bits per heavy atom. The van der Waals surface area contributed by atoms with Crippen molar-refractivity contribution < 1.29 is 0 Å². The molecule has 0 saturated heterocycles. The van der Waals surface area contributed by atoms with Crippen LogP contribution in [-0.4, -0.2) is 0 Å². The van der Waals surface area contributed by atoms with Crippen LogP contribution >= 0.6 is 11.3 Å². The molecule has 0 fully saturated rings. The highest BCUT2D eigenvalue weighted by atomic mass is 32.1. The van der Waals surface area contributed by atoms with E-state index < -0.39 is 0 Å². The number of fused-ring (bicyclic) bond motifs is 4. The van der Waals surface area contributed by atoms with Crippen LogP contribution in [0.2, 0.25) is 0 Å². The molecule has 0 saturated carbocycles. The van der Waals surface area contributed by atoms with Crippen molar-refractivity contribution in [2.45, 2.75) is 55.4 Å². The second kappa shape index (κ2) is 13.2. The fourth-order valence-electron chi connectivity index (χ4n) is 3.33. The molecular weight excluding hydrogens is 368 g/mol. The molecule has 0 radical (unpaired) electrons. The summed E-state index contributed by atoms with van der Waals surface area (Å²) in [5, 5.41) is 2.78. The van der Waals surface area contributed by atoms with E-state index in [1.807, 2.05) is 52.9 Å². The molecule has 1 heterocycles. The summed E-state index contributed by atoms with van der Waals surface area (Å²) < 4.78 is 2.78. The van der Waals surface area contributed by atoms with Crippen molar-refractivity contribution in [2.24, 2.45) is 11.8 Å². The third-order valence-electron chi connectivity index (χ3n) is 4.53. The fraction of sp³-hybridized carbons (Fsp3) is 0.357. The maximum Gasteiger partial charge on any atom is 0.0357 e. The molecule has 0 bridgehead atoms. The van der Waals surface area contributed by atoms with Crippen LogP contribution in [0.3, 0.4) is 0 Å². The minimum absolute atomic E-state index is 0.496. The van der Waals surface area contributed by atoms with Crippen molar-refractivity contribution in [1.29, 1.82) is 0 Å². The van der Waals surface area contributed by atoms with E-state index in [1.165, 1.54) is 31.0 Å². The number of hydrogen-bond acceptors (Lipinski definition) is 1. The minimum Gasteiger partial charge on any atom is -0.136 e. The molecule has 1 heteroatoms. The molecule has 156 valence electrons. The van der Waals surface area contributed by atoms with Gasteiger partial charge in [-0.2, -0.15) is 0 Å². The van der Waals surface area contributed by atoms with Gasteiger partial charge in [-0.05, 0) is 36.8 Å². The number of allylic oxidation sites excluding steroid dienone is 4. The summed E-state index contributed by atoms with van der Waals surface area (Å²) in [7, 11) is 0. The molecule has 2 aliphatic carbocycles. The molecule has 2 aliphatic rings. The Hall–Kier alpha value is -2.12. The Morgan fingerprint density at radius 3 is 1.79 bits per heavy atom. The van der Waals surface area contributed by atoms with Gasteiger partial charge >= 0.3 is 0 Å². The molecule has 0 spiro atoms. The van der Waals surface area contributed by atoms with Gasteiger partial charge in [0.05, 0.1) is 0 Å². The Labute approximate surface area is 182 Å². The maximum absolute atomic E-state index is 2.45. The van der Waals surface area contributed by atoms with Gasteiger partial charge in [0.15, 0.2) is 0 Å². The number of rotatable bonds is 0. The van der Waals surface area contributed by atoms with E-state index >= 15 is 0 Å². The van der Waals surface area contributed by atoms with E-state index in [0.29, 0.717) is 11.8 Å². The summed E-state index contributed by atoms with van der Waals surface area (Å²) in [6, 6.07) is 13.2. The zero-order valence-electron chi connectivity index (χ0n) is 19.5. The Morgan fingerprint density at radius 2 is 1.21 bits per heavy atom. The average Bonchev–Trinajstić information content (AvgIpc) is 3.09. The van der Waals surface area contributed by atoms with E-state index in [9.17, 15) is 0 Å². The molecule has 4 rings (SSSR count). The van der Waals surface area contributed by atoms with Crippen LogP contribution in [-0.2, 0) is 0 Å². The first-order valence-corrected chi connectivity index (χ1v) is 12.0. The number of aryl methyl sites for hydroxylation is 2. The number of hydrogen-bond donors (Lipinski definition) is 0. The Bertz CT molecular complexity index is 1000. The van der Waals surface area contributed by atoms with Crippen molar-refractivity contribution in [2.75, 3.05) is 0 Å². The standard InChI is InChI=1S/C22H20S.3C2H6/c1-15-7-3-4-8-16(2)12-21-19(11-15)20-13-17-9-5-6-10-18(17)14-22(20)23-21;3*1-2/h3-14,17-18H,1-2H3;3*1-2H3. The van der Waals surface area contributed by atoms with Gasteiger partial charge in [0.1, 0.15) is 0 Å². The van der Waals surface area contributed by atoms with Gasteiger partial charge in [-0.1, -0.05) is 108 Å². The molecule has 0 N–H and O–H groups in total. The quantitative estimate of drug-likeness (QED) is 0.421. The molecule has 1 aromatic carbocycles. The van der Waals surface area contributed by atoms with Crippen LogP contribution in [0, 0.1) is 25.7 Å². The second-order valence-corrected chi connectivity index (χ2v) is 7.49. The number of thiophene rings is 1. The zero-order valence-corrected chi connectivity index (χ0v) is 20.3. The van der Waals surface area contributed by atoms with Crippen molar-refractivity contribution in [1.82, 2.24) is 0 Å². The van der Waals surface area contributed by atoms with E-state index in [-0.39, 0.29) is 0 Å². The molecule has 0 nitrogen and oxygen atoms in total. The van der Waals surface area contributed by atoms with E-state index in [1.54, 1.807) is 0 Å². The topological polar surface area (TPSA) is 0 Å². The Kier molecular flexibility index (Phi) is 11.3. The van der Waals surface area contributed by atoms with Gasteiger partial charge in [-0.3, -0.25) is 0 Å². The van der Waals surface area contributed by atoms with Crippen molar-refractivity contribution in [3.8, 4) is 0 Å². The third kappa shape index (κ3) is 6.44. The van der Waals surface area contributed by atoms with Crippen LogP contribution < -0.4 is 9.75 Å². The third-order valence-corrected chi connectivity index (χ3v) is 5.66. The fourth-order valence-corrected chi connectivity index (χ4v) is 4.61. The lowest BCUT2D eigenvalue weighted by Crippen LogP contribution is -2.28. The highest BCUT2D eigenvalue weighted by molar-refractivity contribution is 7.17. The van der Waals surface area contributed by atoms with Crippen molar-refractivity contribution in [3.63, 3.8) is 0 Å². The molecule has 0 aliphatic heterocycles. The van der Waals surface area contributed by atoms with Gasteiger partial charge in [-0.15, -0.1) is 11.3 Å². The van der Waals surface area contributed by atoms with Gasteiger partial charge in [-0.25, -0.2) is 0 Å². The monoisotopic (exact) mass is 406 g/mol. The SMILES string of the molecule is CC.CC.CC.Cc1ccccc(C)cc2c3c(sc2c1)=CC1C=CC=CC1C=3. The van der Waals surface area contributed by atoms with Gasteiger partial charge in [0.25, 0.3) is 0 Å². The highest BCUT2D eigenvalue weighted by Crippen LogP contribution is 2.26. The summed E-state index contributed by atoms with van der Waals surface area (Å²) in [5.41, 5.74) is 2.58. The van der Waals surface area contributed by atoms with Crippen LogP contribution in [0.15, 0.2) is 60.7 Å². The lowest BCUT2D eigenvalue weighted by Gasteiger charge is -2.19. The summed E-state index contributed by atoms with van der Waals surface area (Å²) in [4.78, 5) is 0. The molecular formula is C28H38S. The predicted molar refractivity (Wildman–Crippen MR) is 136 cm³/mol. The van der Waals surface area contributed by atoms with E-state index in [2.05, 4.69) is 86.7 Å². The predicted octanol–water partition coefficient (Wildman–Crippen LogP) is 7.65. The first-order valence-electron chi connectivity index (χ1n) is 11.1. The van der Waals surface area contributed by atoms with Gasteiger partial charge in [0.2, 0.25) is 0 Å². The molecule has 1 aromatic heterocycles. The maximum atomic E-state index is 2.45. The van der Waals surface area contributed by atoms with Crippen LogP contribution in [0.5, 0.6) is 0 Å². The normalized spacial score (nSPS) is 17.2. The zero-order chi connectivity index (χ0) is 21.8. The summed E-state index contributed by atoms with van der Waals surface area (Å²) >= 11 is 1.91. The lowest BCUT2D eigenvalue weighted by molar-refractivity contribution is 0.726. The molecule has 0 amide bonds. The summed E-state index contributed by atoms with van der Waals surface area (Å²) in [5.74, 6) is 1.01. The van der Waals surface area contributed by atoms with Crippen LogP contribution in [0.4, 0.5) is 0 Å². The summed E-state index contributed by atoms with van der Waals surface area (Å²) in [6.07, 6.45) is 13.8. The van der Waals surface area contributed by atoms with Gasteiger partial charge < -0.3 is 0 Å². The average molecular weight is 407 g/mol. The molecule has 2 aromatic rings.